The van der Waals surface area contributed by atoms with Crippen molar-refractivity contribution in [2.24, 2.45) is 0 Å². The van der Waals surface area contributed by atoms with Gasteiger partial charge in [-0.05, 0) is 37.4 Å². The number of carbonyl (C=O) groups excluding carboxylic acids is 1. The quantitative estimate of drug-likeness (QED) is 0.440. The summed E-state index contributed by atoms with van der Waals surface area (Å²) in [5.74, 6) is -2.22. The van der Waals surface area contributed by atoms with Gasteiger partial charge in [0.25, 0.3) is 11.8 Å². The van der Waals surface area contributed by atoms with Gasteiger partial charge in [0, 0.05) is 56.9 Å². The molecular weight excluding hydrogens is 492 g/mol. The molecule has 0 N–H and O–H groups in total. The number of nitrogens with zero attached hydrogens (tertiary/aromatic N) is 6. The first-order valence-electron chi connectivity index (χ1n) is 12.0. The Morgan fingerprint density at radius 2 is 1.95 bits per heavy atom. The van der Waals surface area contributed by atoms with Crippen molar-refractivity contribution in [3.63, 3.8) is 0 Å². The molecular formula is C25H26F4N6O2. The van der Waals surface area contributed by atoms with Crippen molar-refractivity contribution < 1.29 is 26.8 Å². The SMILES string of the molecule is CN1CC(N2CCC(F)(C(=O)N(Cc3ccc(-c4nnc(C(F)F)o4)cn3)c3cccc(F)c3)CC2)C1. The van der Waals surface area contributed by atoms with Gasteiger partial charge in [0.2, 0.25) is 5.89 Å². The first-order chi connectivity index (χ1) is 17.7. The monoisotopic (exact) mass is 518 g/mol. The normalized spacial score (nSPS) is 18.6. The Bertz CT molecular complexity index is 1240. The highest BCUT2D eigenvalue weighted by Crippen LogP contribution is 2.33. The number of hydrogen-bond acceptors (Lipinski definition) is 7. The zero-order valence-corrected chi connectivity index (χ0v) is 20.2. The Labute approximate surface area is 210 Å². The number of aromatic nitrogens is 3. The van der Waals surface area contributed by atoms with Crippen molar-refractivity contribution in [3.05, 3.63) is 60.0 Å². The van der Waals surface area contributed by atoms with E-state index in [0.29, 0.717) is 30.4 Å². The van der Waals surface area contributed by atoms with E-state index in [0.717, 1.165) is 13.1 Å². The number of likely N-dealkylation sites (tertiary alicyclic amines) is 2. The number of pyridine rings is 1. The third kappa shape index (κ3) is 5.35. The zero-order valence-electron chi connectivity index (χ0n) is 20.2. The topological polar surface area (TPSA) is 78.6 Å². The molecule has 2 aromatic heterocycles. The second-order valence-electron chi connectivity index (χ2n) is 9.53. The van der Waals surface area contributed by atoms with Crippen LogP contribution in [0.4, 0.5) is 23.2 Å². The lowest BCUT2D eigenvalue weighted by Crippen LogP contribution is -2.62. The lowest BCUT2D eigenvalue weighted by Gasteiger charge is -2.47. The van der Waals surface area contributed by atoms with Crippen LogP contribution in [-0.4, -0.2) is 75.8 Å². The molecule has 2 aliphatic rings. The van der Waals surface area contributed by atoms with Gasteiger partial charge < -0.3 is 14.2 Å². The Kier molecular flexibility index (Phi) is 6.95. The summed E-state index contributed by atoms with van der Waals surface area (Å²) in [6, 6.07) is 8.87. The van der Waals surface area contributed by atoms with Crippen LogP contribution < -0.4 is 4.90 Å². The molecule has 2 fully saturated rings. The molecule has 2 saturated heterocycles. The number of halogens is 4. The van der Waals surface area contributed by atoms with Crippen LogP contribution in [-0.2, 0) is 11.3 Å². The first-order valence-corrected chi connectivity index (χ1v) is 12.0. The minimum atomic E-state index is -2.89. The van der Waals surface area contributed by atoms with Gasteiger partial charge in [-0.3, -0.25) is 14.7 Å². The predicted molar refractivity (Wildman–Crippen MR) is 126 cm³/mol. The number of rotatable bonds is 7. The Morgan fingerprint density at radius 1 is 1.19 bits per heavy atom. The van der Waals surface area contributed by atoms with Crippen LogP contribution in [0, 0.1) is 5.82 Å². The molecule has 0 spiro atoms. The van der Waals surface area contributed by atoms with Crippen molar-refractivity contribution in [1.82, 2.24) is 25.0 Å². The summed E-state index contributed by atoms with van der Waals surface area (Å²) >= 11 is 0. The third-order valence-corrected chi connectivity index (χ3v) is 6.92. The summed E-state index contributed by atoms with van der Waals surface area (Å²) in [5.41, 5.74) is -1.18. The summed E-state index contributed by atoms with van der Waals surface area (Å²) in [7, 11) is 2.03. The zero-order chi connectivity index (χ0) is 26.2. The van der Waals surface area contributed by atoms with Crippen molar-refractivity contribution in [1.29, 1.82) is 0 Å². The fourth-order valence-electron chi connectivity index (χ4n) is 4.77. The van der Waals surface area contributed by atoms with Gasteiger partial charge in [0.15, 0.2) is 5.67 Å². The van der Waals surface area contributed by atoms with Gasteiger partial charge in [-0.1, -0.05) is 6.07 Å². The summed E-state index contributed by atoms with van der Waals surface area (Å²) < 4.78 is 60.5. The molecule has 0 aliphatic carbocycles. The van der Waals surface area contributed by atoms with E-state index in [9.17, 15) is 18.0 Å². The summed E-state index contributed by atoms with van der Waals surface area (Å²) in [5, 5.41) is 6.88. The van der Waals surface area contributed by atoms with Gasteiger partial charge in [0.05, 0.1) is 17.8 Å². The molecule has 37 heavy (non-hydrogen) atoms. The molecule has 3 aromatic rings. The molecule has 1 aromatic carbocycles. The van der Waals surface area contributed by atoms with Crippen LogP contribution >= 0.6 is 0 Å². The minimum Gasteiger partial charge on any atom is -0.415 e. The van der Waals surface area contributed by atoms with Gasteiger partial charge in [0.1, 0.15) is 5.82 Å². The van der Waals surface area contributed by atoms with Gasteiger partial charge >= 0.3 is 6.43 Å². The molecule has 0 bridgehead atoms. The number of likely N-dealkylation sites (N-methyl/N-ethyl adjacent to an activating group) is 1. The molecule has 4 heterocycles. The van der Waals surface area contributed by atoms with Crippen LogP contribution in [0.15, 0.2) is 47.0 Å². The number of hydrogen-bond donors (Lipinski definition) is 0. The maximum absolute atomic E-state index is 16.1. The Morgan fingerprint density at radius 3 is 2.54 bits per heavy atom. The average Bonchev–Trinajstić information content (AvgIpc) is 3.37. The highest BCUT2D eigenvalue weighted by Gasteiger charge is 2.46. The molecule has 0 saturated carbocycles. The number of benzene rings is 1. The van der Waals surface area contributed by atoms with Crippen LogP contribution in [0.2, 0.25) is 0 Å². The number of carbonyl (C=O) groups is 1. The summed E-state index contributed by atoms with van der Waals surface area (Å²) in [6.45, 7) is 2.68. The van der Waals surface area contributed by atoms with Gasteiger partial charge in [-0.2, -0.15) is 8.78 Å². The van der Waals surface area contributed by atoms with Gasteiger partial charge in [-0.25, -0.2) is 8.78 Å². The number of alkyl halides is 3. The predicted octanol–water partition coefficient (Wildman–Crippen LogP) is 3.86. The second kappa shape index (κ2) is 10.2. The van der Waals surface area contributed by atoms with Crippen LogP contribution in [0.25, 0.3) is 11.5 Å². The van der Waals surface area contributed by atoms with Crippen molar-refractivity contribution in [3.8, 4) is 11.5 Å². The van der Waals surface area contributed by atoms with Gasteiger partial charge in [-0.15, -0.1) is 10.2 Å². The molecule has 8 nitrogen and oxygen atoms in total. The lowest BCUT2D eigenvalue weighted by atomic mass is 9.89. The number of amides is 1. The fourth-order valence-corrected chi connectivity index (χ4v) is 4.77. The average molecular weight is 519 g/mol. The Balaban J connectivity index is 1.34. The van der Waals surface area contributed by atoms with E-state index >= 15 is 4.39 Å². The van der Waals surface area contributed by atoms with E-state index in [1.54, 1.807) is 12.1 Å². The number of piperidine rings is 1. The largest absolute Gasteiger partial charge is 0.415 e. The molecule has 0 atom stereocenters. The Hall–Kier alpha value is -3.38. The molecule has 2 aliphatic heterocycles. The highest BCUT2D eigenvalue weighted by atomic mass is 19.3. The second-order valence-corrected chi connectivity index (χ2v) is 9.53. The highest BCUT2D eigenvalue weighted by molar-refractivity contribution is 5.99. The third-order valence-electron chi connectivity index (χ3n) is 6.92. The first kappa shape index (κ1) is 25.3. The smallest absolute Gasteiger partial charge is 0.314 e. The van der Waals surface area contributed by atoms with E-state index in [1.807, 2.05) is 7.05 Å². The standard InChI is InChI=1S/C25H26F4N6O2/c1-33-14-20(15-33)34-9-7-25(29,8-10-34)24(36)35(19-4-2-3-17(26)11-19)13-18-6-5-16(12-30-18)22-31-32-23(37-22)21(27)28/h2-6,11-12,20-21H,7-10,13-15H2,1H3. The van der Waals surface area contributed by atoms with E-state index in [2.05, 4.69) is 25.0 Å². The summed E-state index contributed by atoms with van der Waals surface area (Å²) in [6.07, 6.45) is -1.46. The lowest BCUT2D eigenvalue weighted by molar-refractivity contribution is -0.134. The van der Waals surface area contributed by atoms with E-state index < -0.39 is 29.7 Å². The maximum Gasteiger partial charge on any atom is 0.314 e. The van der Waals surface area contributed by atoms with Crippen molar-refractivity contribution in [2.75, 3.05) is 38.1 Å². The van der Waals surface area contributed by atoms with E-state index in [4.69, 9.17) is 4.42 Å². The molecule has 1 amide bonds. The van der Waals surface area contributed by atoms with E-state index in [-0.39, 0.29) is 31.0 Å². The molecule has 196 valence electrons. The molecule has 0 radical (unpaired) electrons. The number of anilines is 1. The minimum absolute atomic E-state index is 0.0495. The molecule has 0 unspecified atom stereocenters. The maximum atomic E-state index is 16.1. The fraction of sp³-hybridized carbons (Fsp3) is 0.440. The van der Waals surface area contributed by atoms with Crippen LogP contribution in [0.1, 0.15) is 30.9 Å². The van der Waals surface area contributed by atoms with Crippen LogP contribution in [0.3, 0.4) is 0 Å². The van der Waals surface area contributed by atoms with E-state index in [1.165, 1.54) is 35.4 Å². The van der Waals surface area contributed by atoms with Crippen molar-refractivity contribution >= 4 is 11.6 Å². The van der Waals surface area contributed by atoms with Crippen molar-refractivity contribution in [2.45, 2.75) is 37.5 Å². The van der Waals surface area contributed by atoms with Crippen LogP contribution in [0.5, 0.6) is 0 Å². The summed E-state index contributed by atoms with van der Waals surface area (Å²) in [4.78, 5) is 23.5. The molecule has 12 heteroatoms. The molecule has 5 rings (SSSR count).